The van der Waals surface area contributed by atoms with E-state index < -0.39 is 23.5 Å². The molecule has 1 amide bonds. The Morgan fingerprint density at radius 1 is 1.48 bits per heavy atom. The molecule has 21 heavy (non-hydrogen) atoms. The van der Waals surface area contributed by atoms with Gasteiger partial charge in [-0.1, -0.05) is 0 Å². The van der Waals surface area contributed by atoms with Crippen molar-refractivity contribution in [1.82, 2.24) is 9.88 Å². The highest BCUT2D eigenvalue weighted by Crippen LogP contribution is 2.40. The molecule has 1 aromatic rings. The van der Waals surface area contributed by atoms with Gasteiger partial charge in [-0.15, -0.1) is 11.3 Å². The van der Waals surface area contributed by atoms with Crippen LogP contribution in [-0.4, -0.2) is 32.4 Å². The van der Waals surface area contributed by atoms with E-state index in [1.165, 1.54) is 11.3 Å². The van der Waals surface area contributed by atoms with Crippen molar-refractivity contribution in [3.05, 3.63) is 16.1 Å². The summed E-state index contributed by atoms with van der Waals surface area (Å²) in [6.07, 6.45) is 1.53. The van der Waals surface area contributed by atoms with E-state index in [1.54, 1.807) is 4.90 Å². The summed E-state index contributed by atoms with van der Waals surface area (Å²) in [6, 6.07) is -0.484. The van der Waals surface area contributed by atoms with Crippen LogP contribution in [0.1, 0.15) is 56.8 Å². The van der Waals surface area contributed by atoms with Gasteiger partial charge in [0.15, 0.2) is 0 Å². The molecule has 1 aliphatic heterocycles. The fraction of sp³-hybridized carbons (Fsp3) is 0.667. The summed E-state index contributed by atoms with van der Waals surface area (Å²) in [5.74, 6) is -1.44. The van der Waals surface area contributed by atoms with Crippen LogP contribution in [0.3, 0.4) is 0 Å². The van der Waals surface area contributed by atoms with Gasteiger partial charge < -0.3 is 10.0 Å². The molecule has 116 valence electrons. The maximum atomic E-state index is 12.5. The van der Waals surface area contributed by atoms with Crippen molar-refractivity contribution >= 4 is 23.2 Å². The third-order valence-electron chi connectivity index (χ3n) is 3.81. The van der Waals surface area contributed by atoms with Crippen molar-refractivity contribution in [2.75, 3.05) is 0 Å². The van der Waals surface area contributed by atoms with Crippen LogP contribution in [-0.2, 0) is 9.59 Å². The van der Waals surface area contributed by atoms with E-state index in [0.29, 0.717) is 25.0 Å². The molecule has 0 bridgehead atoms. The van der Waals surface area contributed by atoms with Gasteiger partial charge in [0.25, 0.3) is 0 Å². The molecule has 0 saturated carbocycles. The lowest BCUT2D eigenvalue weighted by molar-refractivity contribution is -0.149. The van der Waals surface area contributed by atoms with Crippen LogP contribution >= 0.6 is 11.3 Å². The lowest BCUT2D eigenvalue weighted by atomic mass is 9.90. The molecule has 1 aromatic heterocycles. The fourth-order valence-corrected chi connectivity index (χ4v) is 3.63. The maximum Gasteiger partial charge on any atom is 0.309 e. The Balaban J connectivity index is 2.54. The number of hydrogen-bond acceptors (Lipinski definition) is 4. The van der Waals surface area contributed by atoms with Crippen LogP contribution in [0.4, 0.5) is 0 Å². The highest BCUT2D eigenvalue weighted by Gasteiger charge is 2.44. The summed E-state index contributed by atoms with van der Waals surface area (Å²) >= 11 is 1.49. The molecule has 1 fully saturated rings. The number of carboxylic acids is 1. The monoisotopic (exact) mass is 310 g/mol. The van der Waals surface area contributed by atoms with Crippen LogP contribution in [0.15, 0.2) is 5.38 Å². The SMILES string of the molecule is Cc1nc(C2C(C(=O)O)CCCC(=O)N2C(C)(C)C)cs1. The first-order valence-electron chi connectivity index (χ1n) is 7.19. The molecule has 2 atom stereocenters. The van der Waals surface area contributed by atoms with Gasteiger partial charge in [0.2, 0.25) is 5.91 Å². The number of rotatable bonds is 2. The van der Waals surface area contributed by atoms with Crippen LogP contribution in [0.2, 0.25) is 0 Å². The van der Waals surface area contributed by atoms with Gasteiger partial charge in [0.05, 0.1) is 22.7 Å². The van der Waals surface area contributed by atoms with E-state index in [0.717, 1.165) is 5.01 Å². The predicted molar refractivity (Wildman–Crippen MR) is 81.2 cm³/mol. The van der Waals surface area contributed by atoms with E-state index in [4.69, 9.17) is 0 Å². The third-order valence-corrected chi connectivity index (χ3v) is 4.61. The summed E-state index contributed by atoms with van der Waals surface area (Å²) in [7, 11) is 0. The second kappa shape index (κ2) is 5.75. The first-order chi connectivity index (χ1) is 9.71. The molecule has 6 heteroatoms. The Kier molecular flexibility index (Phi) is 4.37. The standard InChI is InChI=1S/C15H22N2O3S/c1-9-16-11(8-21-9)13-10(14(19)20)6-5-7-12(18)17(13)15(2,3)4/h8,10,13H,5-7H2,1-4H3,(H,19,20). The molecule has 0 spiro atoms. The number of nitrogens with zero attached hydrogens (tertiary/aromatic N) is 2. The number of aliphatic carboxylic acids is 1. The van der Waals surface area contributed by atoms with E-state index in [9.17, 15) is 14.7 Å². The molecular formula is C15H22N2O3S. The van der Waals surface area contributed by atoms with Crippen molar-refractivity contribution < 1.29 is 14.7 Å². The Labute approximate surface area is 129 Å². The van der Waals surface area contributed by atoms with Crippen LogP contribution in [0.5, 0.6) is 0 Å². The molecule has 0 aromatic carbocycles. The Bertz CT molecular complexity index is 547. The Morgan fingerprint density at radius 2 is 2.14 bits per heavy atom. The van der Waals surface area contributed by atoms with Crippen molar-refractivity contribution in [3.8, 4) is 0 Å². The number of aromatic nitrogens is 1. The minimum atomic E-state index is -0.852. The first-order valence-corrected chi connectivity index (χ1v) is 8.07. The van der Waals surface area contributed by atoms with Gasteiger partial charge in [0.1, 0.15) is 0 Å². The zero-order valence-electron chi connectivity index (χ0n) is 12.9. The quantitative estimate of drug-likeness (QED) is 0.911. The number of carboxylic acid groups (broad SMARTS) is 1. The highest BCUT2D eigenvalue weighted by atomic mass is 32.1. The molecule has 2 heterocycles. The largest absolute Gasteiger partial charge is 0.481 e. The molecule has 0 aliphatic carbocycles. The molecule has 1 N–H and O–H groups in total. The van der Waals surface area contributed by atoms with Gasteiger partial charge in [-0.05, 0) is 40.5 Å². The molecule has 1 saturated heterocycles. The number of carbonyl (C=O) groups excluding carboxylic acids is 1. The van der Waals surface area contributed by atoms with E-state index in [1.807, 2.05) is 33.1 Å². The van der Waals surface area contributed by atoms with Crippen molar-refractivity contribution in [3.63, 3.8) is 0 Å². The summed E-state index contributed by atoms with van der Waals surface area (Å²) < 4.78 is 0. The van der Waals surface area contributed by atoms with Gasteiger partial charge in [-0.2, -0.15) is 0 Å². The minimum Gasteiger partial charge on any atom is -0.481 e. The topological polar surface area (TPSA) is 70.5 Å². The van der Waals surface area contributed by atoms with Gasteiger partial charge >= 0.3 is 5.97 Å². The van der Waals surface area contributed by atoms with Crippen molar-refractivity contribution in [2.24, 2.45) is 5.92 Å². The van der Waals surface area contributed by atoms with Crippen LogP contribution < -0.4 is 0 Å². The zero-order chi connectivity index (χ0) is 15.8. The van der Waals surface area contributed by atoms with Gasteiger partial charge in [-0.3, -0.25) is 9.59 Å². The first kappa shape index (κ1) is 15.9. The molecule has 0 radical (unpaired) electrons. The zero-order valence-corrected chi connectivity index (χ0v) is 13.7. The Morgan fingerprint density at radius 3 is 2.62 bits per heavy atom. The summed E-state index contributed by atoms with van der Waals surface area (Å²) in [4.78, 5) is 30.4. The van der Waals surface area contributed by atoms with E-state index in [-0.39, 0.29) is 5.91 Å². The smallest absolute Gasteiger partial charge is 0.309 e. The van der Waals surface area contributed by atoms with E-state index >= 15 is 0 Å². The number of amides is 1. The van der Waals surface area contributed by atoms with Crippen molar-refractivity contribution in [2.45, 2.75) is 58.5 Å². The van der Waals surface area contributed by atoms with Gasteiger partial charge in [0, 0.05) is 17.3 Å². The normalized spacial score (nSPS) is 24.0. The average molecular weight is 310 g/mol. The highest BCUT2D eigenvalue weighted by molar-refractivity contribution is 7.09. The molecule has 5 nitrogen and oxygen atoms in total. The average Bonchev–Trinajstić information content (AvgIpc) is 2.67. The number of carbonyl (C=O) groups is 2. The molecule has 2 unspecified atom stereocenters. The van der Waals surface area contributed by atoms with Crippen LogP contribution in [0.25, 0.3) is 0 Å². The minimum absolute atomic E-state index is 0.0157. The summed E-state index contributed by atoms with van der Waals surface area (Å²) in [5, 5.41) is 12.4. The summed E-state index contributed by atoms with van der Waals surface area (Å²) in [5.41, 5.74) is 0.271. The Hall–Kier alpha value is -1.43. The predicted octanol–water partition coefficient (Wildman–Crippen LogP) is 3.00. The lowest BCUT2D eigenvalue weighted by Crippen LogP contribution is -2.49. The van der Waals surface area contributed by atoms with Gasteiger partial charge in [-0.25, -0.2) is 4.98 Å². The third kappa shape index (κ3) is 3.26. The fourth-order valence-electron chi connectivity index (χ4n) is 2.99. The maximum absolute atomic E-state index is 12.5. The molecule has 1 aliphatic rings. The summed E-state index contributed by atoms with van der Waals surface area (Å²) in [6.45, 7) is 7.73. The number of likely N-dealkylation sites (tertiary alicyclic amines) is 1. The van der Waals surface area contributed by atoms with Crippen molar-refractivity contribution in [1.29, 1.82) is 0 Å². The molecular weight excluding hydrogens is 288 g/mol. The number of aryl methyl sites for hydroxylation is 1. The lowest BCUT2D eigenvalue weighted by Gasteiger charge is -2.42. The number of hydrogen-bond donors (Lipinski definition) is 1. The van der Waals surface area contributed by atoms with Crippen LogP contribution in [0, 0.1) is 12.8 Å². The molecule has 2 rings (SSSR count). The second-order valence-electron chi connectivity index (χ2n) is 6.51. The number of thiazole rings is 1. The second-order valence-corrected chi connectivity index (χ2v) is 7.57. The van der Waals surface area contributed by atoms with E-state index in [2.05, 4.69) is 4.98 Å².